The molecule has 3 rings (SSSR count). The number of halogens is 3. The first kappa shape index (κ1) is 20.8. The number of aryl methyl sites for hydroxylation is 1. The first-order valence-corrected chi connectivity index (χ1v) is 9.76. The van der Waals surface area contributed by atoms with Crippen molar-refractivity contribution < 1.29 is 13.2 Å². The molecule has 2 heterocycles. The first-order chi connectivity index (χ1) is 13.6. The second-order valence-corrected chi connectivity index (χ2v) is 7.91. The Hall–Kier alpha value is -2.92. The standard InChI is InChI=1S/C21H18F3N3OS/c1-12(2)19-26-15(11-29-19)10-27-18(14-6-4-5-13(3)7-14)8-17(21(22,23)24)16(9-25)20(27)28/h4-8,11-12H,10H2,1-3H3. The molecule has 2 aromatic heterocycles. The number of nitrogens with zero attached hydrogens (tertiary/aromatic N) is 3. The fourth-order valence-corrected chi connectivity index (χ4v) is 3.83. The van der Waals surface area contributed by atoms with E-state index in [1.54, 1.807) is 23.6 Å². The predicted octanol–water partition coefficient (Wildman–Crippen LogP) is 5.34. The summed E-state index contributed by atoms with van der Waals surface area (Å²) in [6, 6.07) is 9.20. The summed E-state index contributed by atoms with van der Waals surface area (Å²) in [5, 5.41) is 11.9. The molecule has 0 unspecified atom stereocenters. The van der Waals surface area contributed by atoms with Crippen molar-refractivity contribution in [2.75, 3.05) is 0 Å². The quantitative estimate of drug-likeness (QED) is 0.576. The van der Waals surface area contributed by atoms with Crippen molar-refractivity contribution in [2.45, 2.75) is 39.4 Å². The average Bonchev–Trinajstić information content (AvgIpc) is 3.11. The summed E-state index contributed by atoms with van der Waals surface area (Å²) in [5.74, 6) is 0.198. The number of pyridine rings is 1. The van der Waals surface area contributed by atoms with Crippen LogP contribution in [-0.4, -0.2) is 9.55 Å². The molecule has 0 bridgehead atoms. The summed E-state index contributed by atoms with van der Waals surface area (Å²) in [7, 11) is 0. The maximum absolute atomic E-state index is 13.5. The van der Waals surface area contributed by atoms with E-state index in [2.05, 4.69) is 4.98 Å². The van der Waals surface area contributed by atoms with Crippen LogP contribution in [0.2, 0.25) is 0 Å². The fraction of sp³-hybridized carbons (Fsp3) is 0.286. The van der Waals surface area contributed by atoms with Gasteiger partial charge in [-0.2, -0.15) is 18.4 Å². The van der Waals surface area contributed by atoms with Crippen LogP contribution in [0.5, 0.6) is 0 Å². The van der Waals surface area contributed by atoms with Crippen LogP contribution in [0.1, 0.15) is 47.2 Å². The van der Waals surface area contributed by atoms with Crippen LogP contribution in [0.4, 0.5) is 13.2 Å². The number of alkyl halides is 3. The lowest BCUT2D eigenvalue weighted by Crippen LogP contribution is -2.28. The third-order valence-corrected chi connectivity index (χ3v) is 5.61. The minimum absolute atomic E-state index is 0.0157. The zero-order chi connectivity index (χ0) is 21.3. The van der Waals surface area contributed by atoms with E-state index in [9.17, 15) is 23.2 Å². The van der Waals surface area contributed by atoms with Gasteiger partial charge in [0.2, 0.25) is 0 Å². The zero-order valence-corrected chi connectivity index (χ0v) is 16.9. The number of thiazole rings is 1. The Balaban J connectivity index is 2.27. The highest BCUT2D eigenvalue weighted by molar-refractivity contribution is 7.09. The minimum atomic E-state index is -4.81. The third kappa shape index (κ3) is 4.25. The molecule has 0 fully saturated rings. The molecule has 0 saturated carbocycles. The van der Waals surface area contributed by atoms with Crippen LogP contribution in [-0.2, 0) is 12.7 Å². The smallest absolute Gasteiger partial charge is 0.301 e. The van der Waals surface area contributed by atoms with E-state index in [1.165, 1.54) is 22.0 Å². The Labute approximate surface area is 169 Å². The molecule has 0 saturated heterocycles. The van der Waals surface area contributed by atoms with Gasteiger partial charge in [0.15, 0.2) is 0 Å². The van der Waals surface area contributed by atoms with E-state index in [-0.39, 0.29) is 18.2 Å². The molecule has 0 atom stereocenters. The van der Waals surface area contributed by atoms with Gasteiger partial charge in [-0.3, -0.25) is 4.79 Å². The van der Waals surface area contributed by atoms with Gasteiger partial charge < -0.3 is 4.57 Å². The lowest BCUT2D eigenvalue weighted by atomic mass is 10.0. The van der Waals surface area contributed by atoms with Gasteiger partial charge in [-0.1, -0.05) is 37.6 Å². The van der Waals surface area contributed by atoms with Crippen molar-refractivity contribution in [3.05, 3.63) is 73.5 Å². The van der Waals surface area contributed by atoms with Crippen molar-refractivity contribution in [3.8, 4) is 17.3 Å². The van der Waals surface area contributed by atoms with Crippen molar-refractivity contribution in [1.82, 2.24) is 9.55 Å². The van der Waals surface area contributed by atoms with Crippen molar-refractivity contribution in [2.24, 2.45) is 0 Å². The second-order valence-electron chi connectivity index (χ2n) is 7.02. The van der Waals surface area contributed by atoms with Gasteiger partial charge in [0.25, 0.3) is 5.56 Å². The van der Waals surface area contributed by atoms with Gasteiger partial charge >= 0.3 is 6.18 Å². The molecule has 0 radical (unpaired) electrons. The van der Waals surface area contributed by atoms with Gasteiger partial charge in [0, 0.05) is 11.3 Å². The number of aromatic nitrogens is 2. The summed E-state index contributed by atoms with van der Waals surface area (Å²) < 4.78 is 41.8. The molecule has 4 nitrogen and oxygen atoms in total. The SMILES string of the molecule is Cc1cccc(-c2cc(C(F)(F)F)c(C#N)c(=O)n2Cc2csc(C(C)C)n2)c1. The van der Waals surface area contributed by atoms with E-state index in [0.717, 1.165) is 16.6 Å². The predicted molar refractivity (Wildman–Crippen MR) is 106 cm³/mol. The summed E-state index contributed by atoms with van der Waals surface area (Å²) in [6.45, 7) is 5.77. The van der Waals surface area contributed by atoms with Crippen LogP contribution in [0.25, 0.3) is 11.3 Å². The van der Waals surface area contributed by atoms with Crippen LogP contribution in [0.3, 0.4) is 0 Å². The molecule has 0 N–H and O–H groups in total. The Morgan fingerprint density at radius 1 is 1.28 bits per heavy atom. The normalized spacial score (nSPS) is 11.7. The van der Waals surface area contributed by atoms with Crippen molar-refractivity contribution in [3.63, 3.8) is 0 Å². The highest BCUT2D eigenvalue weighted by Gasteiger charge is 2.36. The van der Waals surface area contributed by atoms with Crippen molar-refractivity contribution >= 4 is 11.3 Å². The van der Waals surface area contributed by atoms with Gasteiger partial charge in [-0.15, -0.1) is 11.3 Å². The molecule has 0 spiro atoms. The van der Waals surface area contributed by atoms with Gasteiger partial charge in [-0.25, -0.2) is 4.98 Å². The minimum Gasteiger partial charge on any atom is -0.301 e. The largest absolute Gasteiger partial charge is 0.417 e. The molecule has 1 aromatic carbocycles. The van der Waals surface area contributed by atoms with Gasteiger partial charge in [0.1, 0.15) is 11.6 Å². The summed E-state index contributed by atoms with van der Waals surface area (Å²) in [5.41, 5.74) is -1.13. The molecule has 8 heteroatoms. The third-order valence-electron chi connectivity index (χ3n) is 4.41. The Bertz CT molecular complexity index is 1150. The number of nitriles is 1. The monoisotopic (exact) mass is 417 g/mol. The molecule has 29 heavy (non-hydrogen) atoms. The molecule has 0 aliphatic rings. The van der Waals surface area contributed by atoms with Crippen LogP contribution < -0.4 is 5.56 Å². The van der Waals surface area contributed by atoms with Crippen LogP contribution >= 0.6 is 11.3 Å². The number of hydrogen-bond acceptors (Lipinski definition) is 4. The van der Waals surface area contributed by atoms with Crippen molar-refractivity contribution in [1.29, 1.82) is 5.26 Å². The average molecular weight is 417 g/mol. The van der Waals surface area contributed by atoms with Crippen LogP contribution in [0.15, 0.2) is 40.5 Å². The van der Waals surface area contributed by atoms with Gasteiger partial charge in [0.05, 0.1) is 28.5 Å². The molecular weight excluding hydrogens is 399 g/mol. The molecular formula is C21H18F3N3OS. The van der Waals surface area contributed by atoms with E-state index >= 15 is 0 Å². The van der Waals surface area contributed by atoms with E-state index in [0.29, 0.717) is 11.3 Å². The van der Waals surface area contributed by atoms with E-state index in [4.69, 9.17) is 0 Å². The fourth-order valence-electron chi connectivity index (χ4n) is 3.00. The lowest BCUT2D eigenvalue weighted by Gasteiger charge is -2.17. The summed E-state index contributed by atoms with van der Waals surface area (Å²) in [4.78, 5) is 17.4. The van der Waals surface area contributed by atoms with Gasteiger partial charge in [-0.05, 0) is 24.6 Å². The molecule has 150 valence electrons. The van der Waals surface area contributed by atoms with E-state index in [1.807, 2.05) is 26.8 Å². The Morgan fingerprint density at radius 2 is 2.00 bits per heavy atom. The second kappa shape index (κ2) is 7.84. The summed E-state index contributed by atoms with van der Waals surface area (Å²) >= 11 is 1.43. The maximum atomic E-state index is 13.5. The van der Waals surface area contributed by atoms with Crippen LogP contribution in [0, 0.1) is 18.3 Å². The number of benzene rings is 1. The Morgan fingerprint density at radius 3 is 2.55 bits per heavy atom. The topological polar surface area (TPSA) is 58.7 Å². The lowest BCUT2D eigenvalue weighted by molar-refractivity contribution is -0.137. The molecule has 0 aliphatic heterocycles. The summed E-state index contributed by atoms with van der Waals surface area (Å²) in [6.07, 6.45) is -4.81. The van der Waals surface area contributed by atoms with E-state index < -0.39 is 22.9 Å². The highest BCUT2D eigenvalue weighted by Crippen LogP contribution is 2.34. The zero-order valence-electron chi connectivity index (χ0n) is 16.0. The number of rotatable bonds is 4. The highest BCUT2D eigenvalue weighted by atomic mass is 32.1. The molecule has 0 amide bonds. The maximum Gasteiger partial charge on any atom is 0.417 e. The molecule has 3 aromatic rings. The molecule has 0 aliphatic carbocycles. The first-order valence-electron chi connectivity index (χ1n) is 8.88. The number of hydrogen-bond donors (Lipinski definition) is 0. The Kier molecular flexibility index (Phi) is 5.62.